The van der Waals surface area contributed by atoms with Gasteiger partial charge in [0.1, 0.15) is 0 Å². The molecule has 0 nitrogen and oxygen atoms in total. The lowest BCUT2D eigenvalue weighted by atomic mass is 10.2. The third kappa shape index (κ3) is 6.47. The van der Waals surface area contributed by atoms with Crippen LogP contribution in [0.3, 0.4) is 0 Å². The van der Waals surface area contributed by atoms with Crippen molar-refractivity contribution in [3.05, 3.63) is 48.6 Å². The Labute approximate surface area is 87.7 Å². The van der Waals surface area contributed by atoms with Gasteiger partial charge in [-0.15, -0.1) is 0 Å². The van der Waals surface area contributed by atoms with Gasteiger partial charge in [-0.2, -0.15) is 0 Å². The van der Waals surface area contributed by atoms with E-state index >= 15 is 0 Å². The van der Waals surface area contributed by atoms with E-state index in [1.165, 1.54) is 19.3 Å². The molecule has 1 aliphatic carbocycles. The molecule has 0 atom stereocenters. The Hall–Kier alpha value is -1.04. The molecule has 1 rings (SSSR count). The Balaban J connectivity index is 2.34. The molecule has 0 aromatic rings. The highest BCUT2D eigenvalue weighted by Crippen LogP contribution is 2.01. The summed E-state index contributed by atoms with van der Waals surface area (Å²) in [6, 6.07) is 0. The van der Waals surface area contributed by atoms with E-state index < -0.39 is 0 Å². The van der Waals surface area contributed by atoms with E-state index in [2.05, 4.69) is 48.6 Å². The first kappa shape index (κ1) is 11.0. The number of rotatable bonds is 0. The first-order valence-corrected chi connectivity index (χ1v) is 5.60. The van der Waals surface area contributed by atoms with E-state index in [4.69, 9.17) is 0 Å². The average Bonchev–Trinajstić information content (AvgIpc) is 2.22. The number of hydrogen-bond donors (Lipinski definition) is 0. The highest BCUT2D eigenvalue weighted by Gasteiger charge is 1.81. The first-order chi connectivity index (χ1) is 7.00. The molecule has 0 saturated heterocycles. The average molecular weight is 188 g/mol. The van der Waals surface area contributed by atoms with Crippen LogP contribution in [0.25, 0.3) is 0 Å². The highest BCUT2D eigenvalue weighted by atomic mass is 13.9. The summed E-state index contributed by atoms with van der Waals surface area (Å²) < 4.78 is 0. The third-order valence-corrected chi connectivity index (χ3v) is 2.22. The minimum atomic E-state index is 1.07. The van der Waals surface area contributed by atoms with Crippen LogP contribution in [0.1, 0.15) is 38.5 Å². The molecule has 1 aliphatic rings. The summed E-state index contributed by atoms with van der Waals surface area (Å²) in [6.07, 6.45) is 25.0. The summed E-state index contributed by atoms with van der Waals surface area (Å²) in [7, 11) is 0. The molecule has 0 bridgehead atoms. The van der Waals surface area contributed by atoms with Crippen molar-refractivity contribution < 1.29 is 0 Å². The van der Waals surface area contributed by atoms with Gasteiger partial charge >= 0.3 is 0 Å². The van der Waals surface area contributed by atoms with Crippen molar-refractivity contribution in [2.45, 2.75) is 38.5 Å². The van der Waals surface area contributed by atoms with Gasteiger partial charge in [-0.05, 0) is 38.5 Å². The molecule has 0 aliphatic heterocycles. The van der Waals surface area contributed by atoms with Crippen LogP contribution in [0.2, 0.25) is 0 Å². The second kappa shape index (κ2) is 8.55. The van der Waals surface area contributed by atoms with Gasteiger partial charge in [0, 0.05) is 0 Å². The topological polar surface area (TPSA) is 0 Å². The summed E-state index contributed by atoms with van der Waals surface area (Å²) in [4.78, 5) is 0. The van der Waals surface area contributed by atoms with Crippen molar-refractivity contribution in [3.8, 4) is 0 Å². The Bertz CT molecular complexity index is 204. The fraction of sp³-hybridized carbons (Fsp3) is 0.429. The number of hydrogen-bond acceptors (Lipinski definition) is 0. The molecule has 0 aromatic carbocycles. The van der Waals surface area contributed by atoms with Gasteiger partial charge in [0.05, 0.1) is 0 Å². The van der Waals surface area contributed by atoms with Gasteiger partial charge < -0.3 is 0 Å². The van der Waals surface area contributed by atoms with Crippen LogP contribution in [0.4, 0.5) is 0 Å². The molecule has 76 valence electrons. The zero-order chi connectivity index (χ0) is 9.90. The largest absolute Gasteiger partial charge is 0.0882 e. The molecule has 0 radical (unpaired) electrons. The van der Waals surface area contributed by atoms with Crippen LogP contribution in [-0.2, 0) is 0 Å². The Kier molecular flexibility index (Phi) is 6.74. The van der Waals surface area contributed by atoms with Crippen LogP contribution < -0.4 is 0 Å². The summed E-state index contributed by atoms with van der Waals surface area (Å²) >= 11 is 0. The lowest BCUT2D eigenvalue weighted by Crippen LogP contribution is -1.71. The second-order valence-electron chi connectivity index (χ2n) is 3.52. The van der Waals surface area contributed by atoms with Crippen molar-refractivity contribution in [2.24, 2.45) is 0 Å². The summed E-state index contributed by atoms with van der Waals surface area (Å²) in [5, 5.41) is 0. The normalized spacial score (nSPS) is 26.3. The fourth-order valence-electron chi connectivity index (χ4n) is 1.40. The van der Waals surface area contributed by atoms with Crippen molar-refractivity contribution in [1.29, 1.82) is 0 Å². The van der Waals surface area contributed by atoms with Gasteiger partial charge in [-0.1, -0.05) is 48.6 Å². The number of allylic oxidation sites excluding steroid dienone is 8. The summed E-state index contributed by atoms with van der Waals surface area (Å²) in [5.74, 6) is 0. The highest BCUT2D eigenvalue weighted by molar-refractivity contribution is 5.00. The lowest BCUT2D eigenvalue weighted by Gasteiger charge is -1.91. The van der Waals surface area contributed by atoms with Gasteiger partial charge in [0.25, 0.3) is 0 Å². The minimum absolute atomic E-state index is 1.07. The van der Waals surface area contributed by atoms with Gasteiger partial charge in [-0.3, -0.25) is 0 Å². The van der Waals surface area contributed by atoms with Gasteiger partial charge in [-0.25, -0.2) is 0 Å². The van der Waals surface area contributed by atoms with E-state index in [9.17, 15) is 0 Å². The van der Waals surface area contributed by atoms with E-state index in [1.807, 2.05) is 0 Å². The molecule has 0 heteroatoms. The maximum Gasteiger partial charge on any atom is -0.0169 e. The summed E-state index contributed by atoms with van der Waals surface area (Å²) in [6.45, 7) is 0. The van der Waals surface area contributed by atoms with E-state index in [1.54, 1.807) is 0 Å². The molecule has 0 aromatic heterocycles. The Morgan fingerprint density at radius 2 is 0.786 bits per heavy atom. The zero-order valence-corrected chi connectivity index (χ0v) is 8.86. The predicted octanol–water partition coefficient (Wildman–Crippen LogP) is 4.57. The van der Waals surface area contributed by atoms with E-state index in [-0.39, 0.29) is 0 Å². The summed E-state index contributed by atoms with van der Waals surface area (Å²) in [5.41, 5.74) is 0. The fourth-order valence-corrected chi connectivity index (χ4v) is 1.40. The second-order valence-corrected chi connectivity index (χ2v) is 3.52. The van der Waals surface area contributed by atoms with Crippen molar-refractivity contribution in [1.82, 2.24) is 0 Å². The van der Waals surface area contributed by atoms with Crippen LogP contribution in [0, 0.1) is 0 Å². The molecule has 0 unspecified atom stereocenters. The standard InChI is InChI=1S/C14H20/c1-2-4-6-8-10-12-14-13-11-9-7-5-3-1/h1-2,5-8,11,13H,3-4,9-10,12,14H2/b2-1-,7-5-,8-6-,13-11?. The molecule has 0 saturated carbocycles. The molecular weight excluding hydrogens is 168 g/mol. The molecule has 0 amide bonds. The molecule has 0 heterocycles. The van der Waals surface area contributed by atoms with E-state index in [0.717, 1.165) is 19.3 Å². The van der Waals surface area contributed by atoms with Crippen LogP contribution in [0.15, 0.2) is 48.6 Å². The monoisotopic (exact) mass is 188 g/mol. The van der Waals surface area contributed by atoms with Gasteiger partial charge in [0.2, 0.25) is 0 Å². The predicted molar refractivity (Wildman–Crippen MR) is 64.3 cm³/mol. The first-order valence-electron chi connectivity index (χ1n) is 5.60. The molecule has 14 heavy (non-hydrogen) atoms. The van der Waals surface area contributed by atoms with Gasteiger partial charge in [0.15, 0.2) is 0 Å². The van der Waals surface area contributed by atoms with Crippen LogP contribution in [0.5, 0.6) is 0 Å². The van der Waals surface area contributed by atoms with Crippen molar-refractivity contribution >= 4 is 0 Å². The quantitative estimate of drug-likeness (QED) is 0.489. The minimum Gasteiger partial charge on any atom is -0.0882 e. The van der Waals surface area contributed by atoms with E-state index in [0.29, 0.717) is 0 Å². The molecular formula is C14H20. The smallest absolute Gasteiger partial charge is 0.0169 e. The molecule has 0 N–H and O–H groups in total. The van der Waals surface area contributed by atoms with Crippen molar-refractivity contribution in [3.63, 3.8) is 0 Å². The Morgan fingerprint density at radius 3 is 1.21 bits per heavy atom. The molecule has 0 spiro atoms. The van der Waals surface area contributed by atoms with Crippen molar-refractivity contribution in [2.75, 3.05) is 0 Å². The molecule has 0 fully saturated rings. The maximum atomic E-state index is 2.29. The lowest BCUT2D eigenvalue weighted by molar-refractivity contribution is 0.864. The SMILES string of the molecule is C1=CCCC/C=C\C/C=C\C/C=C\C1. The van der Waals surface area contributed by atoms with Crippen LogP contribution in [-0.4, -0.2) is 0 Å². The zero-order valence-electron chi connectivity index (χ0n) is 8.86. The Morgan fingerprint density at radius 1 is 0.429 bits per heavy atom. The van der Waals surface area contributed by atoms with Crippen LogP contribution >= 0.6 is 0 Å². The third-order valence-electron chi connectivity index (χ3n) is 2.22. The maximum absolute atomic E-state index is 2.29.